The first-order valence-electron chi connectivity index (χ1n) is 11.7. The Morgan fingerprint density at radius 3 is 2.74 bits per heavy atom. The number of hydrogen-bond acceptors (Lipinski definition) is 7. The van der Waals surface area contributed by atoms with Crippen LogP contribution in [0.4, 0.5) is 11.4 Å². The Balaban J connectivity index is 1.38. The highest BCUT2D eigenvalue weighted by molar-refractivity contribution is 7.91. The van der Waals surface area contributed by atoms with Crippen molar-refractivity contribution in [3.05, 3.63) is 41.2 Å². The number of sulfone groups is 1. The first-order valence-corrected chi connectivity index (χ1v) is 13.5. The minimum Gasteiger partial charge on any atom is -0.479 e. The lowest BCUT2D eigenvalue weighted by Gasteiger charge is -2.23. The predicted molar refractivity (Wildman–Crippen MR) is 130 cm³/mol. The molecule has 0 radical (unpaired) electrons. The number of rotatable bonds is 4. The van der Waals surface area contributed by atoms with E-state index < -0.39 is 15.9 Å². The SMILES string of the molecule is Cc1nn([C@@H]2CCS(=O)(=O)C2)c2nc(C3CC3)cc(C(=O)Nc3ccc4c(c3)NC(=O)[C@@H](C)O4)c12. The third-order valence-corrected chi connectivity index (χ3v) is 8.57. The van der Waals surface area contributed by atoms with Gasteiger partial charge in [0.2, 0.25) is 0 Å². The summed E-state index contributed by atoms with van der Waals surface area (Å²) < 4.78 is 31.5. The van der Waals surface area contributed by atoms with Crippen LogP contribution in [0.15, 0.2) is 24.3 Å². The number of aromatic nitrogens is 3. The van der Waals surface area contributed by atoms with Gasteiger partial charge in [0, 0.05) is 17.3 Å². The normalized spacial score (nSPS) is 23.0. The molecule has 0 unspecified atom stereocenters. The summed E-state index contributed by atoms with van der Waals surface area (Å²) in [5.74, 6) is 0.425. The van der Waals surface area contributed by atoms with Crippen LogP contribution in [-0.2, 0) is 14.6 Å². The fraction of sp³-hybridized carbons (Fsp3) is 0.417. The van der Waals surface area contributed by atoms with Crippen molar-refractivity contribution in [2.24, 2.45) is 0 Å². The summed E-state index contributed by atoms with van der Waals surface area (Å²) >= 11 is 0. The van der Waals surface area contributed by atoms with Crippen LogP contribution in [0.1, 0.15) is 59.9 Å². The molecule has 4 heterocycles. The number of hydrogen-bond donors (Lipinski definition) is 2. The smallest absolute Gasteiger partial charge is 0.265 e. The van der Waals surface area contributed by atoms with E-state index in [-0.39, 0.29) is 29.4 Å². The molecule has 3 aromatic rings. The van der Waals surface area contributed by atoms with Gasteiger partial charge in [-0.15, -0.1) is 0 Å². The molecule has 1 saturated heterocycles. The van der Waals surface area contributed by atoms with E-state index >= 15 is 0 Å². The first-order chi connectivity index (χ1) is 16.7. The standard InChI is InChI=1S/C24H25N5O5S/c1-12-21-17(24(31)25-15-5-6-20-19(9-15)27-23(30)13(2)34-20)10-18(14-3-4-14)26-22(21)29(28-12)16-7-8-35(32,33)11-16/h5-6,9-10,13-14,16H,3-4,7-8,11H2,1-2H3,(H,25,31)(H,27,30)/t13-,16-/m1/s1. The van der Waals surface area contributed by atoms with E-state index in [4.69, 9.17) is 9.72 Å². The van der Waals surface area contributed by atoms with Gasteiger partial charge in [0.1, 0.15) is 5.75 Å². The number of anilines is 2. The van der Waals surface area contributed by atoms with Gasteiger partial charge < -0.3 is 15.4 Å². The zero-order chi connectivity index (χ0) is 24.5. The van der Waals surface area contributed by atoms with Crippen LogP contribution in [0.3, 0.4) is 0 Å². The molecule has 1 aromatic carbocycles. The van der Waals surface area contributed by atoms with Crippen LogP contribution in [0.2, 0.25) is 0 Å². The number of nitrogens with one attached hydrogen (secondary N) is 2. The average molecular weight is 496 g/mol. The molecule has 11 heteroatoms. The zero-order valence-electron chi connectivity index (χ0n) is 19.4. The number of fused-ring (bicyclic) bond motifs is 2. The Labute approximate surface area is 202 Å². The minimum absolute atomic E-state index is 0.0294. The molecular formula is C24H25N5O5S. The van der Waals surface area contributed by atoms with Gasteiger partial charge >= 0.3 is 0 Å². The van der Waals surface area contributed by atoms with Crippen LogP contribution in [-0.4, -0.2) is 52.6 Å². The lowest BCUT2D eigenvalue weighted by Crippen LogP contribution is -2.34. The van der Waals surface area contributed by atoms with E-state index in [0.29, 0.717) is 51.8 Å². The van der Waals surface area contributed by atoms with E-state index in [9.17, 15) is 18.0 Å². The van der Waals surface area contributed by atoms with Crippen LogP contribution in [0.5, 0.6) is 5.75 Å². The molecule has 182 valence electrons. The Morgan fingerprint density at radius 1 is 1.23 bits per heavy atom. The number of aryl methyl sites for hydroxylation is 1. The molecule has 2 atom stereocenters. The van der Waals surface area contributed by atoms with E-state index in [2.05, 4.69) is 15.7 Å². The minimum atomic E-state index is -3.11. The molecule has 2 fully saturated rings. The average Bonchev–Trinajstić information content (AvgIpc) is 3.52. The highest BCUT2D eigenvalue weighted by Gasteiger charge is 2.34. The second-order valence-corrected chi connectivity index (χ2v) is 11.8. The van der Waals surface area contributed by atoms with Gasteiger partial charge in [-0.25, -0.2) is 18.1 Å². The third-order valence-electron chi connectivity index (χ3n) is 6.82. The molecule has 10 nitrogen and oxygen atoms in total. The van der Waals surface area contributed by atoms with Crippen molar-refractivity contribution in [1.29, 1.82) is 0 Å². The zero-order valence-corrected chi connectivity index (χ0v) is 20.2. The number of ether oxygens (including phenoxy) is 1. The Hall–Kier alpha value is -3.47. The Morgan fingerprint density at radius 2 is 2.03 bits per heavy atom. The van der Waals surface area contributed by atoms with E-state index in [1.54, 1.807) is 29.8 Å². The van der Waals surface area contributed by atoms with Crippen molar-refractivity contribution in [2.75, 3.05) is 22.1 Å². The fourth-order valence-corrected chi connectivity index (χ4v) is 6.50. The van der Waals surface area contributed by atoms with Crippen molar-refractivity contribution in [1.82, 2.24) is 14.8 Å². The van der Waals surface area contributed by atoms with Gasteiger partial charge in [0.15, 0.2) is 21.6 Å². The molecule has 1 saturated carbocycles. The van der Waals surface area contributed by atoms with Crippen LogP contribution >= 0.6 is 0 Å². The third kappa shape index (κ3) is 3.93. The number of pyridine rings is 1. The summed E-state index contributed by atoms with van der Waals surface area (Å²) in [4.78, 5) is 30.3. The summed E-state index contributed by atoms with van der Waals surface area (Å²) in [5.41, 5.74) is 3.47. The number of nitrogens with zero attached hydrogens (tertiary/aromatic N) is 3. The summed E-state index contributed by atoms with van der Waals surface area (Å²) in [6.45, 7) is 3.48. The molecule has 6 rings (SSSR count). The topological polar surface area (TPSA) is 132 Å². The van der Waals surface area contributed by atoms with Gasteiger partial charge in [-0.3, -0.25) is 9.59 Å². The summed E-state index contributed by atoms with van der Waals surface area (Å²) in [5, 5.41) is 11.0. The molecule has 2 aromatic heterocycles. The lowest BCUT2D eigenvalue weighted by atomic mass is 10.1. The Bertz CT molecular complexity index is 1510. The predicted octanol–water partition coefficient (Wildman–Crippen LogP) is 2.95. The summed E-state index contributed by atoms with van der Waals surface area (Å²) in [6, 6.07) is 6.63. The maximum atomic E-state index is 13.5. The number of benzene rings is 1. The van der Waals surface area contributed by atoms with Crippen molar-refractivity contribution >= 4 is 44.1 Å². The molecule has 1 aliphatic carbocycles. The van der Waals surface area contributed by atoms with Crippen molar-refractivity contribution in [3.8, 4) is 5.75 Å². The maximum absolute atomic E-state index is 13.5. The molecule has 0 spiro atoms. The number of carbonyl (C=O) groups is 2. The monoisotopic (exact) mass is 495 g/mol. The molecule has 35 heavy (non-hydrogen) atoms. The second-order valence-electron chi connectivity index (χ2n) is 9.57. The van der Waals surface area contributed by atoms with Gasteiger partial charge in [0.05, 0.1) is 39.9 Å². The molecular weight excluding hydrogens is 470 g/mol. The number of carbonyl (C=O) groups excluding carboxylic acids is 2. The number of amides is 2. The quantitative estimate of drug-likeness (QED) is 0.569. The van der Waals surface area contributed by atoms with Crippen LogP contribution < -0.4 is 15.4 Å². The van der Waals surface area contributed by atoms with Crippen LogP contribution in [0, 0.1) is 6.92 Å². The fourth-order valence-electron chi connectivity index (χ4n) is 4.81. The van der Waals surface area contributed by atoms with E-state index in [1.165, 1.54) is 0 Å². The van der Waals surface area contributed by atoms with Crippen molar-refractivity contribution in [2.45, 2.75) is 51.2 Å². The van der Waals surface area contributed by atoms with Crippen molar-refractivity contribution in [3.63, 3.8) is 0 Å². The van der Waals surface area contributed by atoms with E-state index in [1.807, 2.05) is 13.0 Å². The van der Waals surface area contributed by atoms with Gasteiger partial charge in [-0.05, 0) is 57.4 Å². The Kier molecular flexibility index (Phi) is 4.89. The lowest BCUT2D eigenvalue weighted by molar-refractivity contribution is -0.122. The van der Waals surface area contributed by atoms with Gasteiger partial charge in [-0.1, -0.05) is 0 Å². The van der Waals surface area contributed by atoms with Crippen molar-refractivity contribution < 1.29 is 22.7 Å². The second kappa shape index (κ2) is 7.77. The van der Waals surface area contributed by atoms with Gasteiger partial charge in [-0.2, -0.15) is 5.10 Å². The molecule has 3 aliphatic rings. The largest absolute Gasteiger partial charge is 0.479 e. The first kappa shape index (κ1) is 22.0. The summed E-state index contributed by atoms with van der Waals surface area (Å²) in [7, 11) is -3.11. The van der Waals surface area contributed by atoms with Crippen LogP contribution in [0.25, 0.3) is 11.0 Å². The molecule has 0 bridgehead atoms. The summed E-state index contributed by atoms with van der Waals surface area (Å²) in [6.07, 6.45) is 1.92. The highest BCUT2D eigenvalue weighted by atomic mass is 32.2. The highest BCUT2D eigenvalue weighted by Crippen LogP contribution is 2.41. The molecule has 2 N–H and O–H groups in total. The molecule has 2 aliphatic heterocycles. The van der Waals surface area contributed by atoms with Gasteiger partial charge in [0.25, 0.3) is 11.8 Å². The maximum Gasteiger partial charge on any atom is 0.265 e. The molecule has 2 amide bonds. The van der Waals surface area contributed by atoms with E-state index in [0.717, 1.165) is 18.5 Å².